The highest BCUT2D eigenvalue weighted by Crippen LogP contribution is 2.29. The van der Waals surface area contributed by atoms with E-state index in [0.717, 1.165) is 0 Å². The lowest BCUT2D eigenvalue weighted by molar-refractivity contribution is -0.146. The van der Waals surface area contributed by atoms with E-state index in [1.54, 1.807) is 37.3 Å². The van der Waals surface area contributed by atoms with Gasteiger partial charge < -0.3 is 15.5 Å². The van der Waals surface area contributed by atoms with E-state index in [-0.39, 0.29) is 5.91 Å². The van der Waals surface area contributed by atoms with E-state index in [2.05, 4.69) is 5.32 Å². The van der Waals surface area contributed by atoms with Crippen molar-refractivity contribution in [1.29, 1.82) is 0 Å². The first-order chi connectivity index (χ1) is 10.0. The standard InChI is InChI=1S/C16H19NO4/c1-10(18)11-6-4-5-9-14(11)17-15(19)12-7-2-3-8-13(12)16(20)21/h2-6,9-10,12-13,18H,7-8H2,1H3,(H,17,19)(H,20,21). The average molecular weight is 289 g/mol. The summed E-state index contributed by atoms with van der Waals surface area (Å²) in [6.07, 6.45) is 3.71. The number of benzene rings is 1. The van der Waals surface area contributed by atoms with Crippen LogP contribution in [0.3, 0.4) is 0 Å². The molecule has 1 aliphatic rings. The van der Waals surface area contributed by atoms with Crippen LogP contribution >= 0.6 is 0 Å². The molecule has 3 unspecified atom stereocenters. The summed E-state index contributed by atoms with van der Waals surface area (Å²) in [7, 11) is 0. The van der Waals surface area contributed by atoms with Crippen molar-refractivity contribution in [1.82, 2.24) is 0 Å². The second-order valence-electron chi connectivity index (χ2n) is 5.25. The van der Waals surface area contributed by atoms with Crippen molar-refractivity contribution < 1.29 is 19.8 Å². The van der Waals surface area contributed by atoms with E-state index < -0.39 is 23.9 Å². The summed E-state index contributed by atoms with van der Waals surface area (Å²) >= 11 is 0. The average Bonchev–Trinajstić information content (AvgIpc) is 2.47. The van der Waals surface area contributed by atoms with Gasteiger partial charge in [-0.05, 0) is 25.8 Å². The summed E-state index contributed by atoms with van der Waals surface area (Å²) in [6.45, 7) is 1.62. The molecular weight excluding hydrogens is 270 g/mol. The summed E-state index contributed by atoms with van der Waals surface area (Å²) < 4.78 is 0. The van der Waals surface area contributed by atoms with Gasteiger partial charge in [-0.1, -0.05) is 30.4 Å². The summed E-state index contributed by atoms with van der Waals surface area (Å²) in [5.74, 6) is -2.56. The summed E-state index contributed by atoms with van der Waals surface area (Å²) in [5.41, 5.74) is 1.14. The lowest BCUT2D eigenvalue weighted by atomic mass is 9.82. The molecule has 0 aliphatic heterocycles. The second kappa shape index (κ2) is 6.54. The molecule has 112 valence electrons. The fraction of sp³-hybridized carbons (Fsp3) is 0.375. The first-order valence-electron chi connectivity index (χ1n) is 6.96. The molecule has 0 saturated heterocycles. The molecule has 0 radical (unpaired) electrons. The number of aliphatic carboxylic acids is 1. The van der Waals surface area contributed by atoms with Crippen LogP contribution in [0.2, 0.25) is 0 Å². The predicted octanol–water partition coefficient (Wildman–Crippen LogP) is 2.35. The molecule has 3 atom stereocenters. The lowest BCUT2D eigenvalue weighted by Gasteiger charge is -2.25. The Hall–Kier alpha value is -2.14. The Morgan fingerprint density at radius 3 is 2.43 bits per heavy atom. The van der Waals surface area contributed by atoms with Gasteiger partial charge in [0.25, 0.3) is 0 Å². The molecule has 0 aromatic heterocycles. The van der Waals surface area contributed by atoms with Crippen molar-refractivity contribution in [3.8, 4) is 0 Å². The van der Waals surface area contributed by atoms with Crippen molar-refractivity contribution in [2.75, 3.05) is 5.32 Å². The van der Waals surface area contributed by atoms with E-state index >= 15 is 0 Å². The van der Waals surface area contributed by atoms with E-state index in [4.69, 9.17) is 0 Å². The number of aliphatic hydroxyl groups excluding tert-OH is 1. The fourth-order valence-corrected chi connectivity index (χ4v) is 2.58. The number of amides is 1. The summed E-state index contributed by atoms with van der Waals surface area (Å²) in [6, 6.07) is 6.97. The number of carboxylic acids is 1. The number of rotatable bonds is 4. The molecule has 0 bridgehead atoms. The molecule has 0 heterocycles. The number of carbonyl (C=O) groups is 2. The van der Waals surface area contributed by atoms with Crippen LogP contribution in [0.15, 0.2) is 36.4 Å². The zero-order chi connectivity index (χ0) is 15.4. The Balaban J connectivity index is 2.18. The Labute approximate surface area is 123 Å². The van der Waals surface area contributed by atoms with E-state index in [0.29, 0.717) is 24.1 Å². The molecule has 1 aliphatic carbocycles. The van der Waals surface area contributed by atoms with Gasteiger partial charge in [0.2, 0.25) is 5.91 Å². The Kier molecular flexibility index (Phi) is 4.75. The van der Waals surface area contributed by atoms with Gasteiger partial charge in [-0.15, -0.1) is 0 Å². The maximum absolute atomic E-state index is 12.4. The molecule has 1 aromatic carbocycles. The van der Waals surface area contributed by atoms with E-state index in [1.165, 1.54) is 0 Å². The van der Waals surface area contributed by atoms with Crippen molar-refractivity contribution in [2.45, 2.75) is 25.9 Å². The van der Waals surface area contributed by atoms with Gasteiger partial charge in [0.15, 0.2) is 0 Å². The molecule has 5 nitrogen and oxygen atoms in total. The van der Waals surface area contributed by atoms with Crippen molar-refractivity contribution in [2.24, 2.45) is 11.8 Å². The Bertz CT molecular complexity index is 565. The van der Waals surface area contributed by atoms with Gasteiger partial charge in [-0.25, -0.2) is 0 Å². The van der Waals surface area contributed by atoms with Crippen LogP contribution in [-0.2, 0) is 9.59 Å². The van der Waals surface area contributed by atoms with Gasteiger partial charge in [0.05, 0.1) is 17.9 Å². The zero-order valence-electron chi connectivity index (χ0n) is 11.8. The van der Waals surface area contributed by atoms with Gasteiger partial charge >= 0.3 is 5.97 Å². The third-order valence-electron chi connectivity index (χ3n) is 3.76. The van der Waals surface area contributed by atoms with Gasteiger partial charge in [0.1, 0.15) is 0 Å². The third-order valence-corrected chi connectivity index (χ3v) is 3.76. The van der Waals surface area contributed by atoms with Crippen molar-refractivity contribution in [3.63, 3.8) is 0 Å². The first kappa shape index (κ1) is 15.3. The maximum atomic E-state index is 12.4. The number of anilines is 1. The minimum absolute atomic E-state index is 0.320. The molecule has 2 rings (SSSR count). The molecule has 1 aromatic rings. The van der Waals surface area contributed by atoms with Gasteiger partial charge in [-0.2, -0.15) is 0 Å². The van der Waals surface area contributed by atoms with Gasteiger partial charge in [0, 0.05) is 11.3 Å². The molecule has 0 spiro atoms. The SMILES string of the molecule is CC(O)c1ccccc1NC(=O)C1CC=CCC1C(=O)O. The number of carboxylic acid groups (broad SMARTS) is 1. The number of carbonyl (C=O) groups excluding carboxylic acids is 1. The van der Waals surface area contributed by atoms with Crippen LogP contribution < -0.4 is 5.32 Å². The number of aliphatic hydroxyl groups is 1. The molecule has 3 N–H and O–H groups in total. The van der Waals surface area contributed by atoms with Crippen molar-refractivity contribution in [3.05, 3.63) is 42.0 Å². The van der Waals surface area contributed by atoms with Crippen molar-refractivity contribution >= 4 is 17.6 Å². The van der Waals surface area contributed by atoms with Crippen LogP contribution in [0, 0.1) is 11.8 Å². The normalized spacial score (nSPS) is 22.6. The first-order valence-corrected chi connectivity index (χ1v) is 6.96. The monoisotopic (exact) mass is 289 g/mol. The maximum Gasteiger partial charge on any atom is 0.307 e. The van der Waals surface area contributed by atoms with E-state index in [9.17, 15) is 19.8 Å². The van der Waals surface area contributed by atoms with E-state index in [1.807, 2.05) is 6.08 Å². The largest absolute Gasteiger partial charge is 0.481 e. The summed E-state index contributed by atoms with van der Waals surface area (Å²) in [4.78, 5) is 23.6. The van der Waals surface area contributed by atoms with Crippen LogP contribution in [0.25, 0.3) is 0 Å². The number of para-hydroxylation sites is 1. The number of nitrogens with one attached hydrogen (secondary N) is 1. The highest BCUT2D eigenvalue weighted by molar-refractivity contribution is 5.96. The minimum Gasteiger partial charge on any atom is -0.481 e. The molecular formula is C16H19NO4. The van der Waals surface area contributed by atoms with Crippen LogP contribution in [0.1, 0.15) is 31.4 Å². The lowest BCUT2D eigenvalue weighted by Crippen LogP contribution is -2.35. The minimum atomic E-state index is -0.955. The molecule has 21 heavy (non-hydrogen) atoms. The Morgan fingerprint density at radius 2 is 1.81 bits per heavy atom. The smallest absolute Gasteiger partial charge is 0.307 e. The van der Waals surface area contributed by atoms with Gasteiger partial charge in [-0.3, -0.25) is 9.59 Å². The zero-order valence-corrected chi connectivity index (χ0v) is 11.8. The third kappa shape index (κ3) is 3.49. The number of hydrogen-bond donors (Lipinski definition) is 3. The summed E-state index contributed by atoms with van der Waals surface area (Å²) in [5, 5.41) is 21.7. The Morgan fingerprint density at radius 1 is 1.19 bits per heavy atom. The van der Waals surface area contributed by atoms with Crippen LogP contribution in [0.4, 0.5) is 5.69 Å². The quantitative estimate of drug-likeness (QED) is 0.743. The molecule has 5 heteroatoms. The highest BCUT2D eigenvalue weighted by atomic mass is 16.4. The number of hydrogen-bond acceptors (Lipinski definition) is 3. The molecule has 1 amide bonds. The highest BCUT2D eigenvalue weighted by Gasteiger charge is 2.34. The molecule has 0 saturated carbocycles. The molecule has 0 fully saturated rings. The topological polar surface area (TPSA) is 86.6 Å². The van der Waals surface area contributed by atoms with Crippen LogP contribution in [0.5, 0.6) is 0 Å². The number of allylic oxidation sites excluding steroid dienone is 2. The fourth-order valence-electron chi connectivity index (χ4n) is 2.58. The second-order valence-corrected chi connectivity index (χ2v) is 5.25. The van der Waals surface area contributed by atoms with Crippen LogP contribution in [-0.4, -0.2) is 22.1 Å². The predicted molar refractivity (Wildman–Crippen MR) is 78.7 cm³/mol.